The first-order chi connectivity index (χ1) is 8.74. The Balaban J connectivity index is 1.97. The second-order valence-corrected chi connectivity index (χ2v) is 6.32. The fourth-order valence-electron chi connectivity index (χ4n) is 1.38. The standard InChI is InChI=1S/C15H11ClOSe/c16-13-7-9-14(10-8-13)18-15(17)11-6-12-4-2-1-3-5-12/h1-11H/b11-6+. The van der Waals surface area contributed by atoms with Gasteiger partial charge in [0.15, 0.2) is 0 Å². The number of carbonyl (C=O) groups is 1. The molecule has 2 aromatic carbocycles. The van der Waals surface area contributed by atoms with E-state index in [1.54, 1.807) is 6.08 Å². The van der Waals surface area contributed by atoms with Crippen LogP contribution >= 0.6 is 11.6 Å². The molecule has 2 aromatic rings. The first-order valence-corrected chi connectivity index (χ1v) is 7.54. The van der Waals surface area contributed by atoms with Crippen LogP contribution in [0.3, 0.4) is 0 Å². The van der Waals surface area contributed by atoms with Gasteiger partial charge in [0.25, 0.3) is 0 Å². The second kappa shape index (κ2) is 6.55. The average Bonchev–Trinajstić information content (AvgIpc) is 2.40. The summed E-state index contributed by atoms with van der Waals surface area (Å²) in [6, 6.07) is 17.2. The topological polar surface area (TPSA) is 17.1 Å². The summed E-state index contributed by atoms with van der Waals surface area (Å²) in [5.41, 5.74) is 1.04. The summed E-state index contributed by atoms with van der Waals surface area (Å²) in [7, 11) is 0. The van der Waals surface area contributed by atoms with Gasteiger partial charge in [-0.1, -0.05) is 0 Å². The molecule has 0 aliphatic carbocycles. The van der Waals surface area contributed by atoms with Crippen molar-refractivity contribution >= 4 is 41.8 Å². The van der Waals surface area contributed by atoms with Crippen LogP contribution in [-0.4, -0.2) is 19.6 Å². The van der Waals surface area contributed by atoms with E-state index in [1.165, 1.54) is 0 Å². The van der Waals surface area contributed by atoms with Crippen molar-refractivity contribution in [3.63, 3.8) is 0 Å². The first-order valence-electron chi connectivity index (χ1n) is 5.44. The Labute approximate surface area is 118 Å². The Hall–Kier alpha value is -1.34. The van der Waals surface area contributed by atoms with Crippen LogP contribution in [0.4, 0.5) is 0 Å². The van der Waals surface area contributed by atoms with Crippen LogP contribution in [0, 0.1) is 0 Å². The van der Waals surface area contributed by atoms with Crippen molar-refractivity contribution in [3.8, 4) is 0 Å². The molecule has 0 aromatic heterocycles. The zero-order valence-corrected chi connectivity index (χ0v) is 12.0. The van der Waals surface area contributed by atoms with E-state index in [0.717, 1.165) is 10.0 Å². The summed E-state index contributed by atoms with van der Waals surface area (Å²) in [6.07, 6.45) is 3.49. The summed E-state index contributed by atoms with van der Waals surface area (Å²) in [6.45, 7) is 0. The monoisotopic (exact) mass is 322 g/mol. The summed E-state index contributed by atoms with van der Waals surface area (Å²) < 4.78 is 1.18. The third-order valence-electron chi connectivity index (χ3n) is 2.24. The van der Waals surface area contributed by atoms with Crippen molar-refractivity contribution in [1.29, 1.82) is 0 Å². The molecule has 0 saturated heterocycles. The van der Waals surface area contributed by atoms with E-state index in [0.29, 0.717) is 5.02 Å². The summed E-state index contributed by atoms with van der Waals surface area (Å²) >= 11 is 5.61. The molecule has 18 heavy (non-hydrogen) atoms. The van der Waals surface area contributed by atoms with Crippen LogP contribution in [0.2, 0.25) is 5.02 Å². The molecule has 2 rings (SSSR count). The van der Waals surface area contributed by atoms with E-state index < -0.39 is 0 Å². The van der Waals surface area contributed by atoms with E-state index in [-0.39, 0.29) is 19.6 Å². The van der Waals surface area contributed by atoms with E-state index in [1.807, 2.05) is 60.7 Å². The van der Waals surface area contributed by atoms with Crippen LogP contribution < -0.4 is 4.46 Å². The Morgan fingerprint density at radius 3 is 2.33 bits per heavy atom. The second-order valence-electron chi connectivity index (χ2n) is 3.62. The van der Waals surface area contributed by atoms with Gasteiger partial charge in [0.05, 0.1) is 0 Å². The maximum absolute atomic E-state index is 11.8. The van der Waals surface area contributed by atoms with Gasteiger partial charge in [0.1, 0.15) is 0 Å². The van der Waals surface area contributed by atoms with Gasteiger partial charge in [-0.15, -0.1) is 0 Å². The molecule has 1 nitrogen and oxygen atoms in total. The Morgan fingerprint density at radius 2 is 1.67 bits per heavy atom. The SMILES string of the molecule is O=C(/C=C/c1ccccc1)[Se]c1ccc(Cl)cc1. The fraction of sp³-hybridized carbons (Fsp3) is 0. The molecule has 0 fully saturated rings. The number of carbonyl (C=O) groups excluding carboxylic acids is 1. The van der Waals surface area contributed by atoms with Crippen LogP contribution in [-0.2, 0) is 4.79 Å². The van der Waals surface area contributed by atoms with Crippen LogP contribution in [0.15, 0.2) is 60.7 Å². The third-order valence-corrected chi connectivity index (χ3v) is 4.27. The molecular weight excluding hydrogens is 311 g/mol. The summed E-state index contributed by atoms with van der Waals surface area (Å²) in [5, 5.41) is 0.696. The molecule has 0 saturated carbocycles. The molecule has 0 aliphatic heterocycles. The molecule has 90 valence electrons. The fourth-order valence-corrected chi connectivity index (χ4v) is 2.85. The van der Waals surface area contributed by atoms with Crippen molar-refractivity contribution in [2.45, 2.75) is 0 Å². The number of rotatable bonds is 4. The van der Waals surface area contributed by atoms with Gasteiger partial charge in [0.2, 0.25) is 0 Å². The number of halogens is 1. The molecule has 0 spiro atoms. The summed E-state index contributed by atoms with van der Waals surface area (Å²) in [4.78, 5) is 11.8. The van der Waals surface area contributed by atoms with Gasteiger partial charge >= 0.3 is 118 Å². The van der Waals surface area contributed by atoms with Crippen molar-refractivity contribution < 1.29 is 4.79 Å². The molecular formula is C15H11ClOSe. The summed E-state index contributed by atoms with van der Waals surface area (Å²) in [5.74, 6) is 0. The predicted molar refractivity (Wildman–Crippen MR) is 77.3 cm³/mol. The quantitative estimate of drug-likeness (QED) is 0.625. The van der Waals surface area contributed by atoms with Gasteiger partial charge in [-0.2, -0.15) is 0 Å². The number of hydrogen-bond acceptors (Lipinski definition) is 1. The molecule has 0 bridgehead atoms. The minimum absolute atomic E-state index is 0.147. The normalized spacial score (nSPS) is 10.7. The van der Waals surface area contributed by atoms with E-state index in [9.17, 15) is 4.79 Å². The molecule has 0 heterocycles. The number of hydrogen-bond donors (Lipinski definition) is 0. The van der Waals surface area contributed by atoms with Crippen molar-refractivity contribution in [1.82, 2.24) is 0 Å². The molecule has 0 atom stereocenters. The minimum atomic E-state index is -0.185. The van der Waals surface area contributed by atoms with Gasteiger partial charge < -0.3 is 0 Å². The van der Waals surface area contributed by atoms with Gasteiger partial charge in [-0.25, -0.2) is 0 Å². The van der Waals surface area contributed by atoms with E-state index in [4.69, 9.17) is 11.6 Å². The zero-order valence-electron chi connectivity index (χ0n) is 9.55. The van der Waals surface area contributed by atoms with Crippen molar-refractivity contribution in [2.75, 3.05) is 0 Å². The molecule has 0 unspecified atom stereocenters. The van der Waals surface area contributed by atoms with Gasteiger partial charge in [0, 0.05) is 0 Å². The molecule has 0 N–H and O–H groups in total. The Kier molecular flexibility index (Phi) is 4.77. The Morgan fingerprint density at radius 1 is 1.00 bits per heavy atom. The number of allylic oxidation sites excluding steroid dienone is 1. The maximum atomic E-state index is 11.8. The third kappa shape index (κ3) is 4.15. The van der Waals surface area contributed by atoms with Crippen LogP contribution in [0.5, 0.6) is 0 Å². The Bertz CT molecular complexity index is 546. The van der Waals surface area contributed by atoms with Crippen molar-refractivity contribution in [2.24, 2.45) is 0 Å². The van der Waals surface area contributed by atoms with Crippen LogP contribution in [0.1, 0.15) is 5.56 Å². The number of benzene rings is 2. The molecule has 0 radical (unpaired) electrons. The van der Waals surface area contributed by atoms with Crippen LogP contribution in [0.25, 0.3) is 6.08 Å². The predicted octanol–water partition coefficient (Wildman–Crippen LogP) is 2.91. The zero-order chi connectivity index (χ0) is 12.8. The molecule has 0 aliphatic rings. The molecule has 3 heteroatoms. The molecule has 0 amide bonds. The van der Waals surface area contributed by atoms with E-state index >= 15 is 0 Å². The first kappa shape index (κ1) is 13.1. The van der Waals surface area contributed by atoms with Gasteiger partial charge in [-0.3, -0.25) is 0 Å². The van der Waals surface area contributed by atoms with E-state index in [2.05, 4.69) is 0 Å². The van der Waals surface area contributed by atoms with Crippen molar-refractivity contribution in [3.05, 3.63) is 71.3 Å². The average molecular weight is 322 g/mol. The van der Waals surface area contributed by atoms with Gasteiger partial charge in [-0.05, 0) is 0 Å².